The normalized spacial score (nSPS) is 14.4. The zero-order valence-corrected chi connectivity index (χ0v) is 22.8. The molecule has 1 aliphatic heterocycles. The lowest BCUT2D eigenvalue weighted by molar-refractivity contribution is 0.390. The van der Waals surface area contributed by atoms with E-state index in [0.29, 0.717) is 0 Å². The molecular weight excluding hydrogens is 386 g/mol. The molecule has 0 spiro atoms. The van der Waals surface area contributed by atoms with E-state index in [9.17, 15) is 0 Å². The van der Waals surface area contributed by atoms with Gasteiger partial charge >= 0.3 is 0 Å². The number of unbranched alkanes of at least 4 members (excludes halogenated alkanes) is 18. The Morgan fingerprint density at radius 1 is 0.562 bits per heavy atom. The van der Waals surface area contributed by atoms with E-state index < -0.39 is 0 Å². The second kappa shape index (κ2) is 20.9. The molecular formula is C31H59N. The van der Waals surface area contributed by atoms with Crippen molar-refractivity contribution in [2.45, 2.75) is 169 Å². The molecule has 0 fully saturated rings. The topological polar surface area (TPSA) is 3.24 Å². The first-order valence-corrected chi connectivity index (χ1v) is 14.8. The molecule has 0 saturated carbocycles. The lowest BCUT2D eigenvalue weighted by atomic mass is 9.97. The monoisotopic (exact) mass is 445 g/mol. The van der Waals surface area contributed by atoms with Crippen molar-refractivity contribution in [3.05, 3.63) is 23.0 Å². The van der Waals surface area contributed by atoms with E-state index in [2.05, 4.69) is 38.7 Å². The van der Waals surface area contributed by atoms with Crippen LogP contribution in [0.5, 0.6) is 0 Å². The average Bonchev–Trinajstić information content (AvgIpc) is 2.79. The SMILES string of the molecule is CCCCCCCCCCCCC1=C(C)N(CCCCCCCCCCCC)C(C)=CC1. The molecule has 1 heterocycles. The summed E-state index contributed by atoms with van der Waals surface area (Å²) in [5.41, 5.74) is 4.78. The number of rotatable bonds is 22. The Bertz CT molecular complexity index is 487. The number of allylic oxidation sites excluding steroid dienone is 4. The summed E-state index contributed by atoms with van der Waals surface area (Å²) in [7, 11) is 0. The molecule has 0 N–H and O–H groups in total. The van der Waals surface area contributed by atoms with E-state index in [-0.39, 0.29) is 0 Å². The highest BCUT2D eigenvalue weighted by Crippen LogP contribution is 2.29. The maximum atomic E-state index is 2.62. The Morgan fingerprint density at radius 3 is 1.44 bits per heavy atom. The smallest absolute Gasteiger partial charge is 0.0224 e. The summed E-state index contributed by atoms with van der Waals surface area (Å²) in [6.07, 6.45) is 33.6. The molecule has 0 unspecified atom stereocenters. The summed E-state index contributed by atoms with van der Waals surface area (Å²) in [5, 5.41) is 0. The van der Waals surface area contributed by atoms with Crippen LogP contribution in [0.2, 0.25) is 0 Å². The largest absolute Gasteiger partial charge is 0.350 e. The van der Waals surface area contributed by atoms with Crippen LogP contribution in [0.25, 0.3) is 0 Å². The van der Waals surface area contributed by atoms with Gasteiger partial charge in [-0.3, -0.25) is 0 Å². The molecule has 0 atom stereocenters. The van der Waals surface area contributed by atoms with E-state index in [1.807, 2.05) is 0 Å². The molecule has 1 heteroatoms. The van der Waals surface area contributed by atoms with E-state index in [1.165, 1.54) is 153 Å². The van der Waals surface area contributed by atoms with Gasteiger partial charge in [0.15, 0.2) is 0 Å². The number of nitrogens with zero attached hydrogens (tertiary/aromatic N) is 1. The van der Waals surface area contributed by atoms with Gasteiger partial charge in [-0.25, -0.2) is 0 Å². The third kappa shape index (κ3) is 14.4. The van der Waals surface area contributed by atoms with Gasteiger partial charge in [0.25, 0.3) is 0 Å². The summed E-state index contributed by atoms with van der Waals surface area (Å²) >= 11 is 0. The highest BCUT2D eigenvalue weighted by Gasteiger charge is 2.16. The van der Waals surface area contributed by atoms with Gasteiger partial charge in [-0.05, 0) is 45.1 Å². The Hall–Kier alpha value is -0.720. The van der Waals surface area contributed by atoms with Gasteiger partial charge in [-0.1, -0.05) is 135 Å². The van der Waals surface area contributed by atoms with Crippen molar-refractivity contribution in [1.29, 1.82) is 0 Å². The maximum Gasteiger partial charge on any atom is 0.0224 e. The Balaban J connectivity index is 2.11. The predicted octanol–water partition coefficient (Wildman–Crippen LogP) is 11.1. The number of hydrogen-bond donors (Lipinski definition) is 0. The van der Waals surface area contributed by atoms with E-state index in [0.717, 1.165) is 0 Å². The van der Waals surface area contributed by atoms with Crippen LogP contribution in [0.3, 0.4) is 0 Å². The summed E-state index contributed by atoms with van der Waals surface area (Å²) < 4.78 is 0. The van der Waals surface area contributed by atoms with Crippen LogP contribution in [0.1, 0.15) is 169 Å². The second-order valence-corrected chi connectivity index (χ2v) is 10.5. The van der Waals surface area contributed by atoms with E-state index >= 15 is 0 Å². The average molecular weight is 446 g/mol. The zero-order chi connectivity index (χ0) is 23.3. The molecule has 188 valence electrons. The van der Waals surface area contributed by atoms with Crippen LogP contribution in [0.4, 0.5) is 0 Å². The fraction of sp³-hybridized carbons (Fsp3) is 0.871. The molecule has 0 saturated heterocycles. The fourth-order valence-electron chi connectivity index (χ4n) is 5.19. The predicted molar refractivity (Wildman–Crippen MR) is 146 cm³/mol. The first-order valence-electron chi connectivity index (χ1n) is 14.8. The standard InChI is InChI=1S/C31H59N/c1-5-7-9-11-13-15-17-19-21-23-25-31-27-26-29(3)32(30(31)4)28-24-22-20-18-16-14-12-10-8-6-2/h26H,5-25,27-28H2,1-4H3. The lowest BCUT2D eigenvalue weighted by Gasteiger charge is -2.32. The second-order valence-electron chi connectivity index (χ2n) is 10.5. The summed E-state index contributed by atoms with van der Waals surface area (Å²) in [6.45, 7) is 10.5. The van der Waals surface area contributed by atoms with Crippen molar-refractivity contribution in [1.82, 2.24) is 4.90 Å². The molecule has 0 aromatic rings. The molecule has 0 bridgehead atoms. The summed E-state index contributed by atoms with van der Waals surface area (Å²) in [6, 6.07) is 0. The van der Waals surface area contributed by atoms with Crippen molar-refractivity contribution >= 4 is 0 Å². The van der Waals surface area contributed by atoms with Gasteiger partial charge in [-0.2, -0.15) is 0 Å². The minimum atomic E-state index is 1.20. The molecule has 0 aliphatic carbocycles. The van der Waals surface area contributed by atoms with Gasteiger partial charge in [0.05, 0.1) is 0 Å². The minimum Gasteiger partial charge on any atom is -0.350 e. The van der Waals surface area contributed by atoms with Gasteiger partial charge in [0.2, 0.25) is 0 Å². The molecule has 1 rings (SSSR count). The molecule has 0 aromatic heterocycles. The van der Waals surface area contributed by atoms with Gasteiger partial charge in [0, 0.05) is 17.9 Å². The quantitative estimate of drug-likeness (QED) is 0.150. The van der Waals surface area contributed by atoms with Crippen molar-refractivity contribution < 1.29 is 0 Å². The highest BCUT2D eigenvalue weighted by atomic mass is 15.1. The van der Waals surface area contributed by atoms with Gasteiger partial charge in [0.1, 0.15) is 0 Å². The third-order valence-corrected chi connectivity index (χ3v) is 7.55. The van der Waals surface area contributed by atoms with Gasteiger partial charge < -0.3 is 4.90 Å². The Labute approximate surface area is 203 Å². The Morgan fingerprint density at radius 2 is 0.969 bits per heavy atom. The Kier molecular flexibility index (Phi) is 19.1. The lowest BCUT2D eigenvalue weighted by Crippen LogP contribution is -2.25. The van der Waals surface area contributed by atoms with Crippen molar-refractivity contribution in [2.24, 2.45) is 0 Å². The highest BCUT2D eigenvalue weighted by molar-refractivity contribution is 5.25. The minimum absolute atomic E-state index is 1.20. The molecule has 0 amide bonds. The van der Waals surface area contributed by atoms with Crippen molar-refractivity contribution in [3.8, 4) is 0 Å². The molecule has 32 heavy (non-hydrogen) atoms. The molecule has 0 aromatic carbocycles. The maximum absolute atomic E-state index is 2.62. The fourth-order valence-corrected chi connectivity index (χ4v) is 5.19. The first kappa shape index (κ1) is 29.3. The van der Waals surface area contributed by atoms with Crippen LogP contribution in [0.15, 0.2) is 23.0 Å². The van der Waals surface area contributed by atoms with Crippen LogP contribution >= 0.6 is 0 Å². The first-order chi connectivity index (χ1) is 15.7. The molecule has 0 radical (unpaired) electrons. The van der Waals surface area contributed by atoms with E-state index in [4.69, 9.17) is 0 Å². The van der Waals surface area contributed by atoms with Crippen LogP contribution in [-0.2, 0) is 0 Å². The summed E-state index contributed by atoms with van der Waals surface area (Å²) in [4.78, 5) is 2.62. The van der Waals surface area contributed by atoms with Crippen LogP contribution in [-0.4, -0.2) is 11.4 Å². The summed E-state index contributed by atoms with van der Waals surface area (Å²) in [5.74, 6) is 0. The zero-order valence-electron chi connectivity index (χ0n) is 22.8. The van der Waals surface area contributed by atoms with Crippen LogP contribution < -0.4 is 0 Å². The third-order valence-electron chi connectivity index (χ3n) is 7.55. The van der Waals surface area contributed by atoms with Gasteiger partial charge in [-0.15, -0.1) is 0 Å². The van der Waals surface area contributed by atoms with Crippen molar-refractivity contribution in [3.63, 3.8) is 0 Å². The molecule has 1 nitrogen and oxygen atoms in total. The van der Waals surface area contributed by atoms with E-state index in [1.54, 1.807) is 11.3 Å². The van der Waals surface area contributed by atoms with Crippen molar-refractivity contribution in [2.75, 3.05) is 6.54 Å². The van der Waals surface area contributed by atoms with Crippen LogP contribution in [0, 0.1) is 0 Å². The number of hydrogen-bond acceptors (Lipinski definition) is 1. The molecule has 1 aliphatic rings.